The highest BCUT2D eigenvalue weighted by Crippen LogP contribution is 1.97. The first kappa shape index (κ1) is 9.96. The maximum absolute atomic E-state index is 3.25. The van der Waals surface area contributed by atoms with E-state index in [0.717, 1.165) is 12.8 Å². The number of H-pyrrole nitrogens is 1. The quantitative estimate of drug-likeness (QED) is 0.673. The Kier molecular flexibility index (Phi) is 2.58. The molecular weight excluding hydrogens is 188 g/mol. The highest BCUT2D eigenvalue weighted by Gasteiger charge is 2.14. The van der Waals surface area contributed by atoms with Gasteiger partial charge in [-0.3, -0.25) is 0 Å². The van der Waals surface area contributed by atoms with Crippen LogP contribution >= 0.6 is 0 Å². The molecule has 0 aliphatic heterocycles. The number of nitrogens with zero attached hydrogens (tertiary/aromatic N) is 3. The summed E-state index contributed by atoms with van der Waals surface area (Å²) in [5, 5.41) is 0. The zero-order chi connectivity index (χ0) is 10.8. The standard InChI is InChI=1S/C11H17N4/c1-13-7-6-12-10(13)4-5-11-14(2)8-9-15(11)3/h6-9H,4-5H2,1-3H3/q+1/p+1. The number of aromatic amines is 1. The monoisotopic (exact) mass is 206 g/mol. The molecule has 80 valence electrons. The predicted molar refractivity (Wildman–Crippen MR) is 56.0 cm³/mol. The fraction of sp³-hybridized carbons (Fsp3) is 0.455. The van der Waals surface area contributed by atoms with E-state index in [0.29, 0.717) is 0 Å². The molecule has 2 aromatic heterocycles. The lowest BCUT2D eigenvalue weighted by Gasteiger charge is -1.96. The van der Waals surface area contributed by atoms with E-state index in [1.807, 2.05) is 12.4 Å². The van der Waals surface area contributed by atoms with Crippen LogP contribution in [0.15, 0.2) is 24.8 Å². The molecule has 2 rings (SSSR count). The second-order valence-corrected chi connectivity index (χ2v) is 3.95. The number of aryl methyl sites for hydroxylation is 4. The van der Waals surface area contributed by atoms with E-state index in [2.05, 4.69) is 52.2 Å². The molecule has 0 unspecified atom stereocenters. The van der Waals surface area contributed by atoms with Gasteiger partial charge in [0, 0.05) is 0 Å². The van der Waals surface area contributed by atoms with Crippen LogP contribution in [0.5, 0.6) is 0 Å². The summed E-state index contributed by atoms with van der Waals surface area (Å²) in [5.74, 6) is 2.60. The van der Waals surface area contributed by atoms with Crippen LogP contribution in [0.1, 0.15) is 11.6 Å². The Morgan fingerprint density at radius 2 is 2.00 bits per heavy atom. The lowest BCUT2D eigenvalue weighted by Crippen LogP contribution is -2.34. The Balaban J connectivity index is 2.08. The fourth-order valence-corrected chi connectivity index (χ4v) is 1.89. The average Bonchev–Trinajstić information content (AvgIpc) is 2.73. The number of aromatic nitrogens is 4. The van der Waals surface area contributed by atoms with Gasteiger partial charge in [0.05, 0.1) is 34.0 Å². The van der Waals surface area contributed by atoms with Crippen molar-refractivity contribution in [1.82, 2.24) is 9.55 Å². The van der Waals surface area contributed by atoms with Gasteiger partial charge in [-0.05, 0) is 0 Å². The molecule has 0 saturated carbocycles. The molecular formula is C11H18N4+2. The summed E-state index contributed by atoms with van der Waals surface area (Å²) in [5.41, 5.74) is 0. The number of imidazole rings is 2. The first-order valence-corrected chi connectivity index (χ1v) is 5.20. The van der Waals surface area contributed by atoms with Gasteiger partial charge in [0.15, 0.2) is 0 Å². The Labute approximate surface area is 89.8 Å². The summed E-state index contributed by atoms with van der Waals surface area (Å²) in [7, 11) is 6.24. The van der Waals surface area contributed by atoms with Gasteiger partial charge in [-0.15, -0.1) is 0 Å². The number of hydrogen-bond acceptors (Lipinski definition) is 0. The van der Waals surface area contributed by atoms with Crippen LogP contribution in [-0.2, 0) is 34.0 Å². The molecule has 1 N–H and O–H groups in total. The smallest absolute Gasteiger partial charge is 0.248 e. The maximum Gasteiger partial charge on any atom is 0.256 e. The van der Waals surface area contributed by atoms with Crippen molar-refractivity contribution >= 4 is 0 Å². The molecule has 0 amide bonds. The van der Waals surface area contributed by atoms with Gasteiger partial charge in [0.1, 0.15) is 24.8 Å². The Morgan fingerprint density at radius 3 is 2.53 bits per heavy atom. The summed E-state index contributed by atoms with van der Waals surface area (Å²) in [6.45, 7) is 0. The molecule has 2 aromatic rings. The number of nitrogens with one attached hydrogen (secondary N) is 1. The van der Waals surface area contributed by atoms with Gasteiger partial charge in [-0.25, -0.2) is 18.7 Å². The zero-order valence-electron chi connectivity index (χ0n) is 9.57. The molecule has 0 aliphatic carbocycles. The highest BCUT2D eigenvalue weighted by molar-refractivity contribution is 4.87. The Hall–Kier alpha value is -1.58. The summed E-state index contributed by atoms with van der Waals surface area (Å²) < 4.78 is 6.47. The summed E-state index contributed by atoms with van der Waals surface area (Å²) in [4.78, 5) is 3.25. The van der Waals surface area contributed by atoms with Crippen LogP contribution in [0.25, 0.3) is 0 Å². The molecule has 2 heterocycles. The SMILES string of the molecule is Cn1cc[n+](C)c1CCc1[nH]cc[n+]1C. The van der Waals surface area contributed by atoms with E-state index < -0.39 is 0 Å². The molecule has 0 spiro atoms. The third-order valence-corrected chi connectivity index (χ3v) is 2.89. The van der Waals surface area contributed by atoms with Crippen LogP contribution in [0.2, 0.25) is 0 Å². The lowest BCUT2D eigenvalue weighted by atomic mass is 10.3. The zero-order valence-corrected chi connectivity index (χ0v) is 9.57. The van der Waals surface area contributed by atoms with E-state index in [1.165, 1.54) is 11.6 Å². The summed E-state index contributed by atoms with van der Waals surface area (Å²) in [6.07, 6.45) is 10.3. The topological polar surface area (TPSA) is 28.5 Å². The fourth-order valence-electron chi connectivity index (χ4n) is 1.89. The van der Waals surface area contributed by atoms with Gasteiger partial charge >= 0.3 is 0 Å². The largest absolute Gasteiger partial charge is 0.256 e. The average molecular weight is 206 g/mol. The molecule has 4 nitrogen and oxygen atoms in total. The van der Waals surface area contributed by atoms with Crippen molar-refractivity contribution in [2.24, 2.45) is 21.1 Å². The second-order valence-electron chi connectivity index (χ2n) is 3.95. The third-order valence-electron chi connectivity index (χ3n) is 2.89. The third kappa shape index (κ3) is 1.93. The molecule has 0 fully saturated rings. The molecule has 0 bridgehead atoms. The van der Waals surface area contributed by atoms with Crippen molar-refractivity contribution < 1.29 is 9.13 Å². The minimum atomic E-state index is 1.04. The van der Waals surface area contributed by atoms with Gasteiger partial charge < -0.3 is 0 Å². The molecule has 4 heteroatoms. The maximum atomic E-state index is 3.25. The van der Waals surface area contributed by atoms with E-state index in [4.69, 9.17) is 0 Å². The Morgan fingerprint density at radius 1 is 1.20 bits per heavy atom. The number of hydrogen-bond donors (Lipinski definition) is 1. The van der Waals surface area contributed by atoms with E-state index in [9.17, 15) is 0 Å². The van der Waals surface area contributed by atoms with Crippen LogP contribution in [0.4, 0.5) is 0 Å². The Bertz CT molecular complexity index is 433. The van der Waals surface area contributed by atoms with Crippen LogP contribution < -0.4 is 9.13 Å². The predicted octanol–water partition coefficient (Wildman–Crippen LogP) is -0.213. The highest BCUT2D eigenvalue weighted by atomic mass is 15.1. The van der Waals surface area contributed by atoms with Crippen molar-refractivity contribution in [3.8, 4) is 0 Å². The van der Waals surface area contributed by atoms with Crippen LogP contribution in [0.3, 0.4) is 0 Å². The molecule has 0 radical (unpaired) electrons. The summed E-state index contributed by atoms with van der Waals surface area (Å²) in [6, 6.07) is 0. The molecule has 0 aromatic carbocycles. The number of rotatable bonds is 3. The van der Waals surface area contributed by atoms with Crippen molar-refractivity contribution in [2.75, 3.05) is 0 Å². The van der Waals surface area contributed by atoms with Crippen molar-refractivity contribution in [2.45, 2.75) is 12.8 Å². The van der Waals surface area contributed by atoms with Gasteiger partial charge in [-0.1, -0.05) is 0 Å². The minimum Gasteiger partial charge on any atom is -0.248 e. The molecule has 0 saturated heterocycles. The summed E-state index contributed by atoms with van der Waals surface area (Å²) >= 11 is 0. The van der Waals surface area contributed by atoms with Crippen LogP contribution in [0, 0.1) is 0 Å². The normalized spacial score (nSPS) is 10.9. The van der Waals surface area contributed by atoms with E-state index >= 15 is 0 Å². The molecule has 15 heavy (non-hydrogen) atoms. The first-order chi connectivity index (χ1) is 7.18. The van der Waals surface area contributed by atoms with Gasteiger partial charge in [-0.2, -0.15) is 0 Å². The minimum absolute atomic E-state index is 1.04. The first-order valence-electron chi connectivity index (χ1n) is 5.20. The second kappa shape index (κ2) is 3.88. The van der Waals surface area contributed by atoms with Crippen LogP contribution in [-0.4, -0.2) is 9.55 Å². The lowest BCUT2D eigenvalue weighted by molar-refractivity contribution is -0.683. The van der Waals surface area contributed by atoms with E-state index in [-0.39, 0.29) is 0 Å². The van der Waals surface area contributed by atoms with Crippen molar-refractivity contribution in [1.29, 1.82) is 0 Å². The van der Waals surface area contributed by atoms with Gasteiger partial charge in [0.2, 0.25) is 0 Å². The molecule has 0 aliphatic rings. The molecule has 0 atom stereocenters. The van der Waals surface area contributed by atoms with Gasteiger partial charge in [0.25, 0.3) is 11.6 Å². The van der Waals surface area contributed by atoms with Crippen molar-refractivity contribution in [3.05, 3.63) is 36.4 Å². The van der Waals surface area contributed by atoms with E-state index in [1.54, 1.807) is 0 Å². The van der Waals surface area contributed by atoms with Crippen molar-refractivity contribution in [3.63, 3.8) is 0 Å².